The molecule has 0 spiro atoms. The fourth-order valence-electron chi connectivity index (χ4n) is 2.63. The maximum absolute atomic E-state index is 9.88. The molecule has 0 radical (unpaired) electrons. The van der Waals surface area contributed by atoms with Crippen molar-refractivity contribution in [1.29, 1.82) is 0 Å². The van der Waals surface area contributed by atoms with E-state index in [0.29, 0.717) is 18.9 Å². The van der Waals surface area contributed by atoms with Crippen LogP contribution in [0.15, 0.2) is 36.4 Å². The number of aromatic hydroxyl groups is 1. The van der Waals surface area contributed by atoms with Crippen molar-refractivity contribution >= 4 is 0 Å². The Kier molecular flexibility index (Phi) is 7.60. The smallest absolute Gasteiger partial charge is 0.161 e. The van der Waals surface area contributed by atoms with Gasteiger partial charge >= 0.3 is 0 Å². The Morgan fingerprint density at radius 3 is 2.38 bits per heavy atom. The summed E-state index contributed by atoms with van der Waals surface area (Å²) in [6, 6.07) is 11.5. The zero-order valence-electron chi connectivity index (χ0n) is 16.0. The fourth-order valence-corrected chi connectivity index (χ4v) is 2.63. The lowest BCUT2D eigenvalue weighted by Crippen LogP contribution is -2.18. The van der Waals surface area contributed by atoms with Crippen LogP contribution in [0.5, 0.6) is 23.0 Å². The third kappa shape index (κ3) is 5.30. The number of hydrogen-bond acceptors (Lipinski definition) is 5. The minimum atomic E-state index is 0.123. The van der Waals surface area contributed by atoms with E-state index < -0.39 is 0 Å². The molecule has 0 aliphatic carbocycles. The normalized spacial score (nSPS) is 11.8. The first-order chi connectivity index (χ1) is 12.6. The minimum absolute atomic E-state index is 0.123. The van der Waals surface area contributed by atoms with E-state index in [1.807, 2.05) is 24.3 Å². The number of methoxy groups -OCH3 is 2. The minimum Gasteiger partial charge on any atom is -0.504 e. The van der Waals surface area contributed by atoms with Crippen LogP contribution in [0.4, 0.5) is 0 Å². The van der Waals surface area contributed by atoms with Gasteiger partial charge in [0.05, 0.1) is 20.8 Å². The molecule has 2 rings (SSSR count). The van der Waals surface area contributed by atoms with E-state index in [2.05, 4.69) is 19.2 Å². The zero-order valence-corrected chi connectivity index (χ0v) is 16.0. The second-order valence-electron chi connectivity index (χ2n) is 6.22. The van der Waals surface area contributed by atoms with Crippen molar-refractivity contribution in [3.8, 4) is 23.0 Å². The number of benzene rings is 2. The lowest BCUT2D eigenvalue weighted by Gasteiger charge is -2.17. The Morgan fingerprint density at radius 2 is 1.73 bits per heavy atom. The summed E-state index contributed by atoms with van der Waals surface area (Å²) in [6.45, 7) is 5.56. The number of phenols is 1. The first-order valence-electron chi connectivity index (χ1n) is 8.99. The van der Waals surface area contributed by atoms with Crippen LogP contribution in [0.2, 0.25) is 0 Å². The number of unbranched alkanes of at least 4 members (excludes halogenated alkanes) is 1. The van der Waals surface area contributed by atoms with Gasteiger partial charge in [0.25, 0.3) is 0 Å². The van der Waals surface area contributed by atoms with E-state index in [0.717, 1.165) is 35.5 Å². The predicted molar refractivity (Wildman–Crippen MR) is 103 cm³/mol. The van der Waals surface area contributed by atoms with Gasteiger partial charge in [0.1, 0.15) is 0 Å². The van der Waals surface area contributed by atoms with E-state index >= 15 is 0 Å². The molecular weight excluding hydrogens is 330 g/mol. The van der Waals surface area contributed by atoms with Crippen molar-refractivity contribution in [1.82, 2.24) is 5.32 Å². The van der Waals surface area contributed by atoms with Gasteiger partial charge in [0.15, 0.2) is 23.0 Å². The van der Waals surface area contributed by atoms with Crippen LogP contribution in [-0.4, -0.2) is 25.9 Å². The molecule has 0 fully saturated rings. The summed E-state index contributed by atoms with van der Waals surface area (Å²) >= 11 is 0. The molecule has 142 valence electrons. The highest BCUT2D eigenvalue weighted by Crippen LogP contribution is 2.31. The third-order valence-corrected chi connectivity index (χ3v) is 4.30. The topological polar surface area (TPSA) is 60.0 Å². The molecule has 0 aliphatic heterocycles. The molecule has 2 N–H and O–H groups in total. The number of nitrogens with one attached hydrogen (secondary N) is 1. The lowest BCUT2D eigenvalue weighted by molar-refractivity contribution is 0.288. The quantitative estimate of drug-likeness (QED) is 0.614. The summed E-state index contributed by atoms with van der Waals surface area (Å²) < 4.78 is 16.3. The standard InChI is InChI=1S/C21H29NO4/c1-5-6-11-26-20-10-8-17(13-21(20)25-4)15(2)22-14-16-7-9-19(24-3)18(23)12-16/h7-10,12-13,15,22-23H,5-6,11,14H2,1-4H3. The molecule has 26 heavy (non-hydrogen) atoms. The van der Waals surface area contributed by atoms with Gasteiger partial charge in [-0.2, -0.15) is 0 Å². The molecule has 2 aromatic carbocycles. The van der Waals surface area contributed by atoms with Crippen molar-refractivity contribution in [2.24, 2.45) is 0 Å². The molecule has 0 aliphatic rings. The zero-order chi connectivity index (χ0) is 18.9. The summed E-state index contributed by atoms with van der Waals surface area (Å²) in [6.07, 6.45) is 2.12. The average molecular weight is 359 g/mol. The lowest BCUT2D eigenvalue weighted by atomic mass is 10.1. The highest BCUT2D eigenvalue weighted by molar-refractivity contribution is 5.44. The first kappa shape index (κ1) is 19.9. The maximum atomic E-state index is 9.88. The number of ether oxygens (including phenoxy) is 3. The molecule has 1 unspecified atom stereocenters. The molecule has 5 nitrogen and oxygen atoms in total. The van der Waals surface area contributed by atoms with Crippen molar-refractivity contribution < 1.29 is 19.3 Å². The van der Waals surface area contributed by atoms with E-state index in [-0.39, 0.29) is 11.8 Å². The molecule has 0 heterocycles. The Labute approximate surface area is 155 Å². The van der Waals surface area contributed by atoms with Crippen LogP contribution >= 0.6 is 0 Å². The van der Waals surface area contributed by atoms with Gasteiger partial charge < -0.3 is 24.6 Å². The van der Waals surface area contributed by atoms with Crippen LogP contribution in [0.3, 0.4) is 0 Å². The molecule has 0 aromatic heterocycles. The predicted octanol–water partition coefficient (Wildman–Crippen LogP) is 4.44. The van der Waals surface area contributed by atoms with Crippen LogP contribution in [0.1, 0.15) is 43.9 Å². The highest BCUT2D eigenvalue weighted by Gasteiger charge is 2.11. The molecular formula is C21H29NO4. The molecule has 0 amide bonds. The van der Waals surface area contributed by atoms with Crippen molar-refractivity contribution in [2.45, 2.75) is 39.3 Å². The van der Waals surface area contributed by atoms with Crippen LogP contribution in [-0.2, 0) is 6.54 Å². The van der Waals surface area contributed by atoms with E-state index in [4.69, 9.17) is 14.2 Å². The summed E-state index contributed by atoms with van der Waals surface area (Å²) in [5.41, 5.74) is 2.10. The van der Waals surface area contributed by atoms with E-state index in [1.54, 1.807) is 19.2 Å². The van der Waals surface area contributed by atoms with Crippen molar-refractivity contribution in [3.63, 3.8) is 0 Å². The Balaban J connectivity index is 2.00. The second kappa shape index (κ2) is 9.92. The molecule has 2 aromatic rings. The van der Waals surface area contributed by atoms with Gasteiger partial charge in [-0.3, -0.25) is 0 Å². The van der Waals surface area contributed by atoms with Gasteiger partial charge in [0, 0.05) is 12.6 Å². The van der Waals surface area contributed by atoms with Crippen LogP contribution in [0, 0.1) is 0 Å². The van der Waals surface area contributed by atoms with Crippen molar-refractivity contribution in [3.05, 3.63) is 47.5 Å². The monoisotopic (exact) mass is 359 g/mol. The van der Waals surface area contributed by atoms with E-state index in [9.17, 15) is 5.11 Å². The SMILES string of the molecule is CCCCOc1ccc(C(C)NCc2ccc(OC)c(O)c2)cc1OC. The molecule has 0 bridgehead atoms. The number of hydrogen-bond donors (Lipinski definition) is 2. The largest absolute Gasteiger partial charge is 0.504 e. The second-order valence-corrected chi connectivity index (χ2v) is 6.22. The van der Waals surface area contributed by atoms with E-state index in [1.165, 1.54) is 7.11 Å². The third-order valence-electron chi connectivity index (χ3n) is 4.30. The summed E-state index contributed by atoms with van der Waals surface area (Å²) in [5.74, 6) is 2.14. The van der Waals surface area contributed by atoms with Crippen LogP contribution < -0.4 is 19.5 Å². The molecule has 5 heteroatoms. The molecule has 1 atom stereocenters. The van der Waals surface area contributed by atoms with Crippen molar-refractivity contribution in [2.75, 3.05) is 20.8 Å². The van der Waals surface area contributed by atoms with Gasteiger partial charge in [-0.25, -0.2) is 0 Å². The number of phenolic OH excluding ortho intramolecular Hbond substituents is 1. The summed E-state index contributed by atoms with van der Waals surface area (Å²) in [5, 5.41) is 13.3. The molecule has 0 saturated heterocycles. The van der Waals surface area contributed by atoms with Gasteiger partial charge in [-0.05, 0) is 48.7 Å². The maximum Gasteiger partial charge on any atom is 0.161 e. The Morgan fingerprint density at radius 1 is 1.00 bits per heavy atom. The summed E-state index contributed by atoms with van der Waals surface area (Å²) in [7, 11) is 3.20. The average Bonchev–Trinajstić information content (AvgIpc) is 2.66. The first-order valence-corrected chi connectivity index (χ1v) is 8.99. The summed E-state index contributed by atoms with van der Waals surface area (Å²) in [4.78, 5) is 0. The van der Waals surface area contributed by atoms with Crippen LogP contribution in [0.25, 0.3) is 0 Å². The Hall–Kier alpha value is -2.40. The van der Waals surface area contributed by atoms with Gasteiger partial charge in [-0.15, -0.1) is 0 Å². The van der Waals surface area contributed by atoms with Gasteiger partial charge in [0.2, 0.25) is 0 Å². The highest BCUT2D eigenvalue weighted by atomic mass is 16.5. The fraction of sp³-hybridized carbons (Fsp3) is 0.429. The van der Waals surface area contributed by atoms with Gasteiger partial charge in [-0.1, -0.05) is 25.5 Å². The number of rotatable bonds is 10. The molecule has 0 saturated carbocycles. The Bertz CT molecular complexity index is 702.